The zero-order chi connectivity index (χ0) is 18.2. The minimum absolute atomic E-state index is 0.122. The summed E-state index contributed by atoms with van der Waals surface area (Å²) in [5, 5.41) is 20.3. The van der Waals surface area contributed by atoms with Crippen LogP contribution in [-0.2, 0) is 4.79 Å². The second-order valence-corrected chi connectivity index (χ2v) is 6.80. The molecule has 8 heteroatoms. The molecule has 1 atom stereocenters. The Labute approximate surface area is 158 Å². The van der Waals surface area contributed by atoms with Gasteiger partial charge in [-0.1, -0.05) is 23.2 Å². The van der Waals surface area contributed by atoms with Gasteiger partial charge in [0.15, 0.2) is 5.96 Å². The van der Waals surface area contributed by atoms with E-state index in [1.165, 1.54) is 0 Å². The summed E-state index contributed by atoms with van der Waals surface area (Å²) in [6.45, 7) is 3.91. The molecule has 25 heavy (non-hydrogen) atoms. The van der Waals surface area contributed by atoms with Gasteiger partial charge in [-0.15, -0.1) is 0 Å². The topological polar surface area (TPSA) is 85.8 Å². The monoisotopic (exact) mass is 386 g/mol. The van der Waals surface area contributed by atoms with E-state index >= 15 is 0 Å². The molecule has 4 N–H and O–H groups in total. The van der Waals surface area contributed by atoms with E-state index in [0.29, 0.717) is 41.2 Å². The van der Waals surface area contributed by atoms with Gasteiger partial charge >= 0.3 is 0 Å². The molecule has 1 aliphatic rings. The Hall–Kier alpha value is -1.50. The van der Waals surface area contributed by atoms with Crippen molar-refractivity contribution in [3.05, 3.63) is 33.8 Å². The standard InChI is InChI=1S/C17H24Cl2N4O2/c1-2-20-17(22-6-5-21-16(25)11-3-4-11)23-10-15(24)12-7-13(18)9-14(19)8-12/h7-9,11,15,24H,2-6,10H2,1H3,(H,21,25)(H2,20,22,23). The van der Waals surface area contributed by atoms with Crippen molar-refractivity contribution in [2.24, 2.45) is 10.9 Å². The smallest absolute Gasteiger partial charge is 0.223 e. The molecule has 1 amide bonds. The Morgan fingerprint density at radius 1 is 1.20 bits per heavy atom. The number of guanidine groups is 1. The minimum Gasteiger partial charge on any atom is -0.386 e. The number of nitrogens with one attached hydrogen (secondary N) is 3. The summed E-state index contributed by atoms with van der Waals surface area (Å²) < 4.78 is 0. The second-order valence-electron chi connectivity index (χ2n) is 5.93. The number of hydrogen-bond donors (Lipinski definition) is 4. The van der Waals surface area contributed by atoms with Crippen molar-refractivity contribution >= 4 is 35.1 Å². The Bertz CT molecular complexity index is 600. The molecule has 1 aromatic rings. The Morgan fingerprint density at radius 3 is 2.44 bits per heavy atom. The van der Waals surface area contributed by atoms with Crippen LogP contribution in [0.3, 0.4) is 0 Å². The molecule has 0 saturated heterocycles. The van der Waals surface area contributed by atoms with E-state index in [1.807, 2.05) is 6.92 Å². The largest absolute Gasteiger partial charge is 0.386 e. The molecule has 2 rings (SSSR count). The summed E-state index contributed by atoms with van der Waals surface area (Å²) in [7, 11) is 0. The number of aliphatic hydroxyl groups is 1. The molecule has 0 radical (unpaired) electrons. The maximum Gasteiger partial charge on any atom is 0.223 e. The van der Waals surface area contributed by atoms with Gasteiger partial charge in [-0.05, 0) is 43.5 Å². The van der Waals surface area contributed by atoms with Crippen molar-refractivity contribution in [3.8, 4) is 0 Å². The van der Waals surface area contributed by atoms with Crippen molar-refractivity contribution < 1.29 is 9.90 Å². The van der Waals surface area contributed by atoms with Crippen molar-refractivity contribution in [1.29, 1.82) is 0 Å². The summed E-state index contributed by atoms with van der Waals surface area (Å²) in [6, 6.07) is 4.95. The molecular weight excluding hydrogens is 363 g/mol. The normalized spacial score (nSPS) is 15.6. The number of aliphatic hydroxyl groups excluding tert-OH is 1. The van der Waals surface area contributed by atoms with Gasteiger partial charge in [-0.2, -0.15) is 0 Å². The number of halogens is 2. The highest BCUT2D eigenvalue weighted by molar-refractivity contribution is 6.34. The predicted molar refractivity (Wildman–Crippen MR) is 101 cm³/mol. The van der Waals surface area contributed by atoms with Crippen molar-refractivity contribution in [3.63, 3.8) is 0 Å². The van der Waals surface area contributed by atoms with Crippen LogP contribution >= 0.6 is 23.2 Å². The number of rotatable bonds is 8. The van der Waals surface area contributed by atoms with Crippen LogP contribution in [0.1, 0.15) is 31.4 Å². The Kier molecular flexibility index (Phi) is 7.81. The molecule has 1 aliphatic carbocycles. The number of aliphatic imine (C=N–C) groups is 1. The van der Waals surface area contributed by atoms with E-state index in [9.17, 15) is 9.90 Å². The third kappa shape index (κ3) is 7.10. The molecule has 1 aromatic carbocycles. The number of hydrogen-bond acceptors (Lipinski definition) is 3. The molecule has 0 bridgehead atoms. The number of carbonyl (C=O) groups is 1. The summed E-state index contributed by atoms with van der Waals surface area (Å²) >= 11 is 11.9. The van der Waals surface area contributed by atoms with E-state index < -0.39 is 6.10 Å². The van der Waals surface area contributed by atoms with Crippen LogP contribution in [0.4, 0.5) is 0 Å². The first-order valence-corrected chi connectivity index (χ1v) is 9.19. The minimum atomic E-state index is -0.804. The maximum absolute atomic E-state index is 11.6. The summed E-state index contributed by atoms with van der Waals surface area (Å²) in [5.74, 6) is 0.911. The number of nitrogens with zero attached hydrogens (tertiary/aromatic N) is 1. The van der Waals surface area contributed by atoms with E-state index in [4.69, 9.17) is 23.2 Å². The first-order chi connectivity index (χ1) is 12.0. The zero-order valence-corrected chi connectivity index (χ0v) is 15.7. The molecule has 138 valence electrons. The average Bonchev–Trinajstić information content (AvgIpc) is 3.40. The lowest BCUT2D eigenvalue weighted by atomic mass is 10.1. The molecule has 1 saturated carbocycles. The second kappa shape index (κ2) is 9.85. The van der Waals surface area contributed by atoms with Gasteiger partial charge in [0.2, 0.25) is 5.91 Å². The summed E-state index contributed by atoms with van der Waals surface area (Å²) in [6.07, 6.45) is 1.19. The van der Waals surface area contributed by atoms with Crippen LogP contribution in [0, 0.1) is 5.92 Å². The molecule has 1 fully saturated rings. The molecule has 6 nitrogen and oxygen atoms in total. The average molecular weight is 387 g/mol. The van der Waals surface area contributed by atoms with Crippen LogP contribution < -0.4 is 16.0 Å². The zero-order valence-electron chi connectivity index (χ0n) is 14.2. The highest BCUT2D eigenvalue weighted by Crippen LogP contribution is 2.28. The fourth-order valence-electron chi connectivity index (χ4n) is 2.25. The fraction of sp³-hybridized carbons (Fsp3) is 0.529. The lowest BCUT2D eigenvalue weighted by Gasteiger charge is -2.14. The molecule has 0 heterocycles. The Morgan fingerprint density at radius 2 is 1.84 bits per heavy atom. The number of amides is 1. The van der Waals surface area contributed by atoms with Gasteiger partial charge in [0.25, 0.3) is 0 Å². The van der Waals surface area contributed by atoms with Gasteiger partial charge in [-0.25, -0.2) is 0 Å². The first kappa shape index (κ1) is 19.8. The molecule has 1 unspecified atom stereocenters. The van der Waals surface area contributed by atoms with Crippen molar-refractivity contribution in [2.75, 3.05) is 26.2 Å². The Balaban J connectivity index is 1.81. The lowest BCUT2D eigenvalue weighted by Crippen LogP contribution is -2.42. The highest BCUT2D eigenvalue weighted by atomic mass is 35.5. The molecule has 0 aliphatic heterocycles. The fourth-order valence-corrected chi connectivity index (χ4v) is 2.79. The maximum atomic E-state index is 11.6. The van der Waals surface area contributed by atoms with Gasteiger partial charge < -0.3 is 21.1 Å². The highest BCUT2D eigenvalue weighted by Gasteiger charge is 2.28. The number of benzene rings is 1. The van der Waals surface area contributed by atoms with Crippen molar-refractivity contribution in [2.45, 2.75) is 25.9 Å². The van der Waals surface area contributed by atoms with Crippen LogP contribution in [0.25, 0.3) is 0 Å². The van der Waals surface area contributed by atoms with E-state index in [1.54, 1.807) is 18.2 Å². The first-order valence-electron chi connectivity index (χ1n) is 8.43. The SMILES string of the molecule is CCNC(=NCC(O)c1cc(Cl)cc(Cl)c1)NCCNC(=O)C1CC1. The molecule has 0 aromatic heterocycles. The van der Waals surface area contributed by atoms with Crippen LogP contribution in [0.2, 0.25) is 10.0 Å². The van der Waals surface area contributed by atoms with E-state index in [-0.39, 0.29) is 18.4 Å². The number of carbonyl (C=O) groups excluding carboxylic acids is 1. The molecular formula is C17H24Cl2N4O2. The van der Waals surface area contributed by atoms with Gasteiger partial charge in [-0.3, -0.25) is 9.79 Å². The van der Waals surface area contributed by atoms with Crippen molar-refractivity contribution in [1.82, 2.24) is 16.0 Å². The van der Waals surface area contributed by atoms with E-state index in [2.05, 4.69) is 20.9 Å². The quantitative estimate of drug-likeness (QED) is 0.313. The van der Waals surface area contributed by atoms with Crippen LogP contribution in [-0.4, -0.2) is 43.2 Å². The lowest BCUT2D eigenvalue weighted by molar-refractivity contribution is -0.122. The third-order valence-electron chi connectivity index (χ3n) is 3.70. The van der Waals surface area contributed by atoms with Gasteiger partial charge in [0.1, 0.15) is 0 Å². The van der Waals surface area contributed by atoms with Crippen LogP contribution in [0.5, 0.6) is 0 Å². The summed E-state index contributed by atoms with van der Waals surface area (Å²) in [4.78, 5) is 15.9. The summed E-state index contributed by atoms with van der Waals surface area (Å²) in [5.41, 5.74) is 0.619. The van der Waals surface area contributed by atoms with Crippen LogP contribution in [0.15, 0.2) is 23.2 Å². The third-order valence-corrected chi connectivity index (χ3v) is 4.14. The van der Waals surface area contributed by atoms with Gasteiger partial charge in [0, 0.05) is 35.6 Å². The molecule has 0 spiro atoms. The van der Waals surface area contributed by atoms with Gasteiger partial charge in [0.05, 0.1) is 12.6 Å². The predicted octanol–water partition coefficient (Wildman–Crippen LogP) is 2.11. The van der Waals surface area contributed by atoms with E-state index in [0.717, 1.165) is 12.8 Å².